The highest BCUT2D eigenvalue weighted by Gasteiger charge is 2.54. The third-order valence-electron chi connectivity index (χ3n) is 7.91. The molecule has 14 heteroatoms. The van der Waals surface area contributed by atoms with E-state index in [-0.39, 0.29) is 36.9 Å². The third kappa shape index (κ3) is 8.77. The molecule has 0 saturated carbocycles. The molecule has 1 aliphatic rings. The Morgan fingerprint density at radius 3 is 2.53 bits per heavy atom. The lowest BCUT2D eigenvalue weighted by Crippen LogP contribution is -2.53. The fourth-order valence-electron chi connectivity index (χ4n) is 5.41. The average Bonchev–Trinajstić information content (AvgIpc) is 3.51. The molecule has 0 unspecified atom stereocenters. The smallest absolute Gasteiger partial charge is 0.266 e. The number of halogens is 1. The van der Waals surface area contributed by atoms with Crippen LogP contribution in [-0.4, -0.2) is 49.8 Å². The molecule has 0 spiro atoms. The Balaban J connectivity index is 1.56. The number of carbonyl (C=O) groups is 1. The number of aliphatic imine (C=N–C) groups is 1. The number of hydrogen-bond acceptors (Lipinski definition) is 9. The number of aliphatic hydroxyl groups excluding tert-OH is 1. The molecule has 0 radical (unpaired) electrons. The Morgan fingerprint density at radius 2 is 1.80 bits per heavy atom. The second-order valence-corrected chi connectivity index (χ2v) is 13.7. The molecule has 0 fully saturated rings. The fourth-order valence-corrected chi connectivity index (χ4v) is 7.01. The summed E-state index contributed by atoms with van der Waals surface area (Å²) < 4.78 is 39.4. The van der Waals surface area contributed by atoms with Gasteiger partial charge in [-0.2, -0.15) is 0 Å². The number of sulfone groups is 1. The number of nitrogens with one attached hydrogen (secondary N) is 2. The van der Waals surface area contributed by atoms with E-state index in [1.165, 1.54) is 12.1 Å². The number of azide groups is 1. The number of hydrogen-bond donors (Lipinski definition) is 3. The van der Waals surface area contributed by atoms with E-state index in [4.69, 9.17) is 36.7 Å². The van der Waals surface area contributed by atoms with Crippen LogP contribution in [-0.2, 0) is 32.5 Å². The van der Waals surface area contributed by atoms with Gasteiger partial charge in [-0.3, -0.25) is 10.2 Å². The molecule has 1 amide bonds. The van der Waals surface area contributed by atoms with Gasteiger partial charge in [0.15, 0.2) is 21.5 Å². The van der Waals surface area contributed by atoms with Crippen LogP contribution in [0, 0.1) is 0 Å². The maximum atomic E-state index is 14.5. The second kappa shape index (κ2) is 16.5. The van der Waals surface area contributed by atoms with Crippen molar-refractivity contribution in [1.29, 1.82) is 0 Å². The van der Waals surface area contributed by atoms with Crippen molar-refractivity contribution in [3.05, 3.63) is 141 Å². The number of amides is 1. The molecule has 0 aliphatic carbocycles. The molecule has 254 valence electrons. The van der Waals surface area contributed by atoms with Crippen LogP contribution < -0.4 is 15.6 Å². The first-order valence-electron chi connectivity index (χ1n) is 15.5. The molecular formula is C35H35ClN6O6S. The van der Waals surface area contributed by atoms with E-state index in [1.807, 2.05) is 6.07 Å². The van der Waals surface area contributed by atoms with Crippen molar-refractivity contribution in [2.45, 2.75) is 42.5 Å². The summed E-state index contributed by atoms with van der Waals surface area (Å²) in [4.78, 5) is 22.4. The van der Waals surface area contributed by atoms with Crippen molar-refractivity contribution >= 4 is 33.2 Å². The molecule has 1 aliphatic heterocycles. The lowest BCUT2D eigenvalue weighted by molar-refractivity contribution is -0.130. The Labute approximate surface area is 289 Å². The van der Waals surface area contributed by atoms with E-state index in [2.05, 4.69) is 20.9 Å². The minimum absolute atomic E-state index is 0.00333. The summed E-state index contributed by atoms with van der Waals surface area (Å²) in [5.74, 6) is -0.367. The van der Waals surface area contributed by atoms with Gasteiger partial charge in [0.05, 0.1) is 23.8 Å². The van der Waals surface area contributed by atoms with Gasteiger partial charge in [-0.15, -0.1) is 0 Å². The Morgan fingerprint density at radius 1 is 1.04 bits per heavy atom. The number of carbonyl (C=O) groups excluding carboxylic acids is 1. The minimum Gasteiger partial charge on any atom is -0.494 e. The summed E-state index contributed by atoms with van der Waals surface area (Å²) in [6.07, 6.45) is -0.878. The van der Waals surface area contributed by atoms with E-state index in [9.17, 15) is 13.2 Å². The monoisotopic (exact) mass is 702 g/mol. The van der Waals surface area contributed by atoms with Gasteiger partial charge in [0.1, 0.15) is 5.75 Å². The number of benzene rings is 4. The first-order valence-corrected chi connectivity index (χ1v) is 17.5. The number of ether oxygens (including phenoxy) is 2. The number of hydrazine groups is 1. The van der Waals surface area contributed by atoms with Crippen LogP contribution >= 0.6 is 11.6 Å². The van der Waals surface area contributed by atoms with Crippen molar-refractivity contribution in [3.8, 4) is 5.75 Å². The molecule has 0 aromatic heterocycles. The number of aliphatic hydroxyl groups is 1. The van der Waals surface area contributed by atoms with E-state index >= 15 is 0 Å². The summed E-state index contributed by atoms with van der Waals surface area (Å²) in [5.41, 5.74) is 15.4. The van der Waals surface area contributed by atoms with Crippen LogP contribution in [0.4, 0.5) is 0 Å². The van der Waals surface area contributed by atoms with E-state index in [1.54, 1.807) is 84.9 Å². The predicted octanol–water partition coefficient (Wildman–Crippen LogP) is 5.85. The van der Waals surface area contributed by atoms with Crippen LogP contribution in [0.1, 0.15) is 41.2 Å². The van der Waals surface area contributed by atoms with Gasteiger partial charge >= 0.3 is 0 Å². The zero-order valence-corrected chi connectivity index (χ0v) is 28.0. The van der Waals surface area contributed by atoms with Crippen LogP contribution in [0.2, 0.25) is 5.02 Å². The SMILES string of the molecule is [N-]=[N+]=NCc1ccccc1[C@@H]1OC(c2ccc(OCCCO)cc2)=N[C@]1(CCS(=O)(=O)c1ccccc1)C(=O)NNCc1cccc(Cl)c1. The first kappa shape index (κ1) is 35.4. The Hall–Kier alpha value is -4.91. The van der Waals surface area contributed by atoms with Gasteiger partial charge in [-0.1, -0.05) is 71.3 Å². The maximum absolute atomic E-state index is 14.5. The average molecular weight is 703 g/mol. The minimum atomic E-state index is -3.86. The van der Waals surface area contributed by atoms with Crippen molar-refractivity contribution in [2.24, 2.45) is 10.1 Å². The quantitative estimate of drug-likeness (QED) is 0.0431. The van der Waals surface area contributed by atoms with Gasteiger partial charge in [-0.25, -0.2) is 18.8 Å². The van der Waals surface area contributed by atoms with Crippen LogP contribution in [0.3, 0.4) is 0 Å². The molecule has 3 N–H and O–H groups in total. The number of nitrogens with zero attached hydrogens (tertiary/aromatic N) is 4. The Bertz CT molecular complexity index is 1940. The normalized spacial score (nSPS) is 17.0. The molecule has 0 saturated heterocycles. The van der Waals surface area contributed by atoms with Crippen LogP contribution in [0.5, 0.6) is 5.75 Å². The third-order valence-corrected chi connectivity index (χ3v) is 9.88. The molecule has 2 atom stereocenters. The molecule has 4 aromatic carbocycles. The summed E-state index contributed by atoms with van der Waals surface area (Å²) in [5, 5.41) is 13.4. The highest BCUT2D eigenvalue weighted by Crippen LogP contribution is 2.44. The predicted molar refractivity (Wildman–Crippen MR) is 186 cm³/mol. The lowest BCUT2D eigenvalue weighted by Gasteiger charge is -2.31. The van der Waals surface area contributed by atoms with Crippen molar-refractivity contribution in [2.75, 3.05) is 19.0 Å². The van der Waals surface area contributed by atoms with Gasteiger partial charge in [0, 0.05) is 41.5 Å². The van der Waals surface area contributed by atoms with E-state index in [0.717, 1.165) is 5.56 Å². The van der Waals surface area contributed by atoms with Gasteiger partial charge < -0.3 is 14.6 Å². The second-order valence-electron chi connectivity index (χ2n) is 11.2. The molecule has 12 nitrogen and oxygen atoms in total. The van der Waals surface area contributed by atoms with E-state index < -0.39 is 33.1 Å². The summed E-state index contributed by atoms with van der Waals surface area (Å²) in [6.45, 7) is 0.523. The highest BCUT2D eigenvalue weighted by molar-refractivity contribution is 7.91. The zero-order valence-electron chi connectivity index (χ0n) is 26.4. The van der Waals surface area contributed by atoms with E-state index in [0.29, 0.717) is 40.5 Å². The molecule has 4 aromatic rings. The molecular weight excluding hydrogens is 668 g/mol. The highest BCUT2D eigenvalue weighted by atomic mass is 35.5. The summed E-state index contributed by atoms with van der Waals surface area (Å²) >= 11 is 6.15. The largest absolute Gasteiger partial charge is 0.494 e. The van der Waals surface area contributed by atoms with Crippen molar-refractivity contribution in [3.63, 3.8) is 0 Å². The molecule has 5 rings (SSSR count). The van der Waals surface area contributed by atoms with Gasteiger partial charge in [0.25, 0.3) is 5.91 Å². The zero-order chi connectivity index (χ0) is 34.7. The van der Waals surface area contributed by atoms with Crippen LogP contribution in [0.25, 0.3) is 10.4 Å². The molecule has 1 heterocycles. The topological polar surface area (TPSA) is 175 Å². The van der Waals surface area contributed by atoms with Gasteiger partial charge in [0.2, 0.25) is 5.90 Å². The summed E-state index contributed by atoms with van der Waals surface area (Å²) in [7, 11) is -3.86. The summed E-state index contributed by atoms with van der Waals surface area (Å²) in [6, 6.07) is 29.0. The maximum Gasteiger partial charge on any atom is 0.266 e. The Kier molecular flexibility index (Phi) is 11.9. The number of rotatable bonds is 16. The van der Waals surface area contributed by atoms with Gasteiger partial charge in [-0.05, 0) is 70.8 Å². The fraction of sp³-hybridized carbons (Fsp3) is 0.257. The van der Waals surface area contributed by atoms with Crippen molar-refractivity contribution in [1.82, 2.24) is 10.9 Å². The lowest BCUT2D eigenvalue weighted by atomic mass is 9.83. The standard InChI is InChI=1S/C35H35ClN6O6S/c36-28-10-6-8-25(22-28)23-38-41-34(44)35(18-21-49(45,46)30-11-2-1-3-12-30)32(31-13-5-4-9-27(31)24-39-42-37)48-33(40-35)26-14-16-29(17-15-26)47-20-7-19-43/h1-6,8-17,22,32,38,43H,7,18-21,23-24H2,(H,41,44)/t32-,35-/m0/s1. The first-order chi connectivity index (χ1) is 23.8. The molecule has 0 bridgehead atoms. The molecule has 49 heavy (non-hydrogen) atoms. The van der Waals surface area contributed by atoms with Crippen molar-refractivity contribution < 1.29 is 27.8 Å². The van der Waals surface area contributed by atoms with Crippen LogP contribution in [0.15, 0.2) is 118 Å².